The summed E-state index contributed by atoms with van der Waals surface area (Å²) in [6.45, 7) is 5.24. The number of hydrogen-bond donors (Lipinski definition) is 0. The highest BCUT2D eigenvalue weighted by molar-refractivity contribution is 9.10. The van der Waals surface area contributed by atoms with Crippen molar-refractivity contribution in [1.29, 1.82) is 0 Å². The van der Waals surface area contributed by atoms with Crippen molar-refractivity contribution in [3.05, 3.63) is 63.1 Å². The van der Waals surface area contributed by atoms with Gasteiger partial charge in [0.05, 0.1) is 17.9 Å². The molecule has 2 aromatic carbocycles. The zero-order chi connectivity index (χ0) is 17.4. The molecule has 124 valence electrons. The van der Waals surface area contributed by atoms with Gasteiger partial charge in [0.25, 0.3) is 5.78 Å². The molecule has 0 N–H and O–H groups in total. The summed E-state index contributed by atoms with van der Waals surface area (Å²) in [6.07, 6.45) is 0. The van der Waals surface area contributed by atoms with E-state index in [0.29, 0.717) is 24.5 Å². The van der Waals surface area contributed by atoms with Gasteiger partial charge in [-0.25, -0.2) is 0 Å². The number of nitrogens with zero attached hydrogens (tertiary/aromatic N) is 2. The minimum absolute atomic E-state index is 0.369. The molecule has 0 radical (unpaired) electrons. The van der Waals surface area contributed by atoms with Crippen molar-refractivity contribution in [3.63, 3.8) is 0 Å². The van der Waals surface area contributed by atoms with Crippen molar-refractivity contribution in [1.82, 2.24) is 4.90 Å². The van der Waals surface area contributed by atoms with Crippen LogP contribution in [0.4, 0.5) is 5.69 Å². The predicted octanol–water partition coefficient (Wildman–Crippen LogP) is 3.68. The summed E-state index contributed by atoms with van der Waals surface area (Å²) in [4.78, 5) is 28.1. The molecule has 0 fully saturated rings. The molecule has 0 saturated carbocycles. The maximum absolute atomic E-state index is 12.3. The fourth-order valence-corrected chi connectivity index (χ4v) is 3.63. The Bertz CT molecular complexity index is 832. The lowest BCUT2D eigenvalue weighted by Gasteiger charge is -2.25. The standard InChI is InChI=1S/C19H19BrN2O2/c1-12-7-8-14(13(2)9-12)10-21(3)11-22-17-15(18(23)19(22)24)5-4-6-16(17)20/h4-9H,10-11H2,1-3H3. The number of carbonyl (C=O) groups excluding carboxylic acids is 2. The molecule has 1 aliphatic rings. The Hall–Kier alpha value is -1.98. The molecule has 0 spiro atoms. The number of ketones is 1. The number of fused-ring (bicyclic) bond motifs is 1. The second-order valence-electron chi connectivity index (χ2n) is 6.28. The molecule has 0 unspecified atom stereocenters. The van der Waals surface area contributed by atoms with E-state index in [1.54, 1.807) is 17.0 Å². The Kier molecular flexibility index (Phi) is 4.56. The Morgan fingerprint density at radius 1 is 1.12 bits per heavy atom. The number of aryl methyl sites for hydroxylation is 2. The highest BCUT2D eigenvalue weighted by atomic mass is 79.9. The fourth-order valence-electron chi connectivity index (χ4n) is 3.05. The largest absolute Gasteiger partial charge is 0.300 e. The highest BCUT2D eigenvalue weighted by Gasteiger charge is 2.37. The van der Waals surface area contributed by atoms with E-state index in [1.165, 1.54) is 16.7 Å². The Morgan fingerprint density at radius 2 is 1.88 bits per heavy atom. The first kappa shape index (κ1) is 16.9. The van der Waals surface area contributed by atoms with Crippen molar-refractivity contribution in [2.24, 2.45) is 0 Å². The van der Waals surface area contributed by atoms with Crippen LogP contribution in [0.15, 0.2) is 40.9 Å². The average Bonchev–Trinajstić information content (AvgIpc) is 2.76. The third-order valence-corrected chi connectivity index (χ3v) is 4.90. The fraction of sp³-hybridized carbons (Fsp3) is 0.263. The summed E-state index contributed by atoms with van der Waals surface area (Å²) in [5.74, 6) is -0.907. The maximum Gasteiger partial charge on any atom is 0.300 e. The van der Waals surface area contributed by atoms with Gasteiger partial charge in [-0.2, -0.15) is 0 Å². The SMILES string of the molecule is Cc1ccc(CN(C)CN2C(=O)C(=O)c3cccc(Br)c32)c(C)c1. The van der Waals surface area contributed by atoms with E-state index in [-0.39, 0.29) is 0 Å². The minimum atomic E-state index is -0.468. The quantitative estimate of drug-likeness (QED) is 0.752. The number of carbonyl (C=O) groups is 2. The summed E-state index contributed by atoms with van der Waals surface area (Å²) >= 11 is 3.45. The lowest BCUT2D eigenvalue weighted by molar-refractivity contribution is -0.114. The van der Waals surface area contributed by atoms with Gasteiger partial charge in [0.15, 0.2) is 0 Å². The Morgan fingerprint density at radius 3 is 2.58 bits per heavy atom. The molecule has 0 aromatic heterocycles. The summed E-state index contributed by atoms with van der Waals surface area (Å²) < 4.78 is 0.763. The molecular formula is C19H19BrN2O2. The third kappa shape index (κ3) is 3.01. The topological polar surface area (TPSA) is 40.6 Å². The lowest BCUT2D eigenvalue weighted by atomic mass is 10.1. The van der Waals surface area contributed by atoms with Gasteiger partial charge in [-0.05, 0) is 60.1 Å². The normalized spacial score (nSPS) is 13.8. The first-order valence-electron chi connectivity index (χ1n) is 7.78. The van der Waals surface area contributed by atoms with Crippen molar-refractivity contribution in [2.45, 2.75) is 20.4 Å². The highest BCUT2D eigenvalue weighted by Crippen LogP contribution is 2.36. The van der Waals surface area contributed by atoms with E-state index in [2.05, 4.69) is 48.0 Å². The van der Waals surface area contributed by atoms with Crippen LogP contribution < -0.4 is 4.90 Å². The molecule has 5 heteroatoms. The number of anilines is 1. The third-order valence-electron chi connectivity index (χ3n) is 4.26. The zero-order valence-corrected chi connectivity index (χ0v) is 15.6. The van der Waals surface area contributed by atoms with Crippen LogP contribution in [-0.2, 0) is 11.3 Å². The van der Waals surface area contributed by atoms with Crippen molar-refractivity contribution >= 4 is 33.3 Å². The van der Waals surface area contributed by atoms with Crippen LogP contribution in [0.3, 0.4) is 0 Å². The van der Waals surface area contributed by atoms with Crippen molar-refractivity contribution in [3.8, 4) is 0 Å². The summed E-state index contributed by atoms with van der Waals surface area (Å²) in [6, 6.07) is 11.7. The Balaban J connectivity index is 1.81. The van der Waals surface area contributed by atoms with Gasteiger partial charge in [-0.3, -0.25) is 19.4 Å². The molecule has 1 aliphatic heterocycles. The van der Waals surface area contributed by atoms with Gasteiger partial charge < -0.3 is 0 Å². The number of rotatable bonds is 4. The molecule has 0 atom stereocenters. The van der Waals surface area contributed by atoms with Gasteiger partial charge in [-0.15, -0.1) is 0 Å². The number of benzene rings is 2. The molecule has 0 saturated heterocycles. The molecule has 1 amide bonds. The maximum atomic E-state index is 12.3. The van der Waals surface area contributed by atoms with E-state index in [0.717, 1.165) is 4.47 Å². The zero-order valence-electron chi connectivity index (χ0n) is 14.0. The summed E-state index contributed by atoms with van der Waals surface area (Å²) in [7, 11) is 1.95. The molecule has 2 aromatic rings. The van der Waals surface area contributed by atoms with Crippen LogP contribution in [0.1, 0.15) is 27.0 Å². The monoisotopic (exact) mass is 386 g/mol. The molecule has 24 heavy (non-hydrogen) atoms. The molecule has 4 nitrogen and oxygen atoms in total. The first-order chi connectivity index (χ1) is 11.4. The van der Waals surface area contributed by atoms with Crippen molar-refractivity contribution in [2.75, 3.05) is 18.6 Å². The van der Waals surface area contributed by atoms with Gasteiger partial charge in [0, 0.05) is 11.0 Å². The molecule has 3 rings (SSSR count). The molecular weight excluding hydrogens is 368 g/mol. The minimum Gasteiger partial charge on any atom is -0.290 e. The molecule has 0 bridgehead atoms. The van der Waals surface area contributed by atoms with Gasteiger partial charge in [0.2, 0.25) is 0 Å². The van der Waals surface area contributed by atoms with Gasteiger partial charge >= 0.3 is 5.91 Å². The Labute approximate surface area is 150 Å². The van der Waals surface area contributed by atoms with E-state index in [4.69, 9.17) is 0 Å². The number of hydrogen-bond acceptors (Lipinski definition) is 3. The smallest absolute Gasteiger partial charge is 0.290 e. The summed E-state index contributed by atoms with van der Waals surface area (Å²) in [5, 5.41) is 0. The number of halogens is 1. The number of para-hydroxylation sites is 1. The number of Topliss-reactive ketones (excluding diaryl/α,β-unsaturated/α-hetero) is 1. The van der Waals surface area contributed by atoms with Crippen LogP contribution in [0.2, 0.25) is 0 Å². The second kappa shape index (κ2) is 6.49. The molecule has 1 heterocycles. The lowest BCUT2D eigenvalue weighted by Crippen LogP contribution is -2.39. The summed E-state index contributed by atoms with van der Waals surface area (Å²) in [5.41, 5.74) is 4.81. The first-order valence-corrected chi connectivity index (χ1v) is 8.57. The van der Waals surface area contributed by atoms with E-state index in [1.807, 2.05) is 18.0 Å². The van der Waals surface area contributed by atoms with Gasteiger partial charge in [-0.1, -0.05) is 29.8 Å². The molecule has 0 aliphatic carbocycles. The van der Waals surface area contributed by atoms with E-state index < -0.39 is 11.7 Å². The number of amides is 1. The van der Waals surface area contributed by atoms with E-state index >= 15 is 0 Å². The van der Waals surface area contributed by atoms with Crippen LogP contribution >= 0.6 is 15.9 Å². The van der Waals surface area contributed by atoms with Crippen LogP contribution in [0.25, 0.3) is 0 Å². The average molecular weight is 387 g/mol. The predicted molar refractivity (Wildman–Crippen MR) is 98.2 cm³/mol. The second-order valence-corrected chi connectivity index (χ2v) is 7.14. The van der Waals surface area contributed by atoms with E-state index in [9.17, 15) is 9.59 Å². The van der Waals surface area contributed by atoms with Gasteiger partial charge in [0.1, 0.15) is 0 Å². The van der Waals surface area contributed by atoms with Crippen LogP contribution in [0.5, 0.6) is 0 Å². The van der Waals surface area contributed by atoms with Crippen LogP contribution in [-0.4, -0.2) is 30.3 Å². The van der Waals surface area contributed by atoms with Crippen molar-refractivity contribution < 1.29 is 9.59 Å². The van der Waals surface area contributed by atoms with Crippen LogP contribution in [0, 0.1) is 13.8 Å².